The number of aromatic nitrogens is 3. The standard InChI is InChI=1S/C13H17N5O3S/c1-14-10-3-2-5-18-12(10)16-13(17-18)15-11(19)7-9-4-6-22(20,21)8-9/h2-3,5,9,14H,4,6-8H2,1H3,(H,15,17,19). The topological polar surface area (TPSA) is 105 Å². The number of pyridine rings is 1. The Balaban J connectivity index is 1.69. The van der Waals surface area contributed by atoms with Crippen molar-refractivity contribution in [2.75, 3.05) is 29.2 Å². The Morgan fingerprint density at radius 1 is 1.50 bits per heavy atom. The molecule has 0 aliphatic carbocycles. The summed E-state index contributed by atoms with van der Waals surface area (Å²) in [7, 11) is -1.19. The number of sulfone groups is 1. The number of carbonyl (C=O) groups excluding carboxylic acids is 1. The lowest BCUT2D eigenvalue weighted by Crippen LogP contribution is -2.18. The van der Waals surface area contributed by atoms with Crippen LogP contribution < -0.4 is 10.6 Å². The molecule has 2 aromatic rings. The van der Waals surface area contributed by atoms with Gasteiger partial charge in [-0.1, -0.05) is 0 Å². The smallest absolute Gasteiger partial charge is 0.249 e. The molecular formula is C13H17N5O3S. The predicted molar refractivity (Wildman–Crippen MR) is 82.5 cm³/mol. The maximum absolute atomic E-state index is 12.0. The molecule has 0 spiro atoms. The molecule has 9 heteroatoms. The summed E-state index contributed by atoms with van der Waals surface area (Å²) in [5, 5.41) is 9.81. The van der Waals surface area contributed by atoms with Crippen LogP contribution in [0, 0.1) is 5.92 Å². The monoisotopic (exact) mass is 323 g/mol. The minimum Gasteiger partial charge on any atom is -0.385 e. The largest absolute Gasteiger partial charge is 0.385 e. The zero-order chi connectivity index (χ0) is 15.7. The van der Waals surface area contributed by atoms with Gasteiger partial charge in [-0.2, -0.15) is 4.98 Å². The highest BCUT2D eigenvalue weighted by Crippen LogP contribution is 2.22. The molecule has 1 unspecified atom stereocenters. The Kier molecular flexibility index (Phi) is 3.73. The van der Waals surface area contributed by atoms with E-state index in [9.17, 15) is 13.2 Å². The van der Waals surface area contributed by atoms with Gasteiger partial charge in [0.05, 0.1) is 17.2 Å². The molecule has 22 heavy (non-hydrogen) atoms. The normalized spacial score (nSPS) is 20.1. The Morgan fingerprint density at radius 3 is 3.00 bits per heavy atom. The molecule has 1 aliphatic rings. The Labute approximate surface area is 127 Å². The number of carbonyl (C=O) groups is 1. The van der Waals surface area contributed by atoms with Crippen molar-refractivity contribution in [1.82, 2.24) is 14.6 Å². The second-order valence-corrected chi connectivity index (χ2v) is 7.63. The fourth-order valence-corrected chi connectivity index (χ4v) is 4.49. The van der Waals surface area contributed by atoms with E-state index in [0.29, 0.717) is 12.1 Å². The third-order valence-corrected chi connectivity index (χ3v) is 5.52. The maximum atomic E-state index is 12.0. The average molecular weight is 323 g/mol. The minimum atomic E-state index is -2.97. The molecule has 1 atom stereocenters. The molecule has 0 radical (unpaired) electrons. The van der Waals surface area contributed by atoms with Crippen molar-refractivity contribution in [3.8, 4) is 0 Å². The van der Waals surface area contributed by atoms with Crippen molar-refractivity contribution in [3.63, 3.8) is 0 Å². The number of nitrogens with zero attached hydrogens (tertiary/aromatic N) is 3. The molecule has 118 valence electrons. The summed E-state index contributed by atoms with van der Waals surface area (Å²) in [5.41, 5.74) is 1.42. The Bertz CT molecular complexity index is 814. The van der Waals surface area contributed by atoms with E-state index in [1.165, 1.54) is 0 Å². The summed E-state index contributed by atoms with van der Waals surface area (Å²) in [4.78, 5) is 16.3. The number of anilines is 2. The number of amides is 1. The van der Waals surface area contributed by atoms with Crippen LogP contribution in [0.2, 0.25) is 0 Å². The van der Waals surface area contributed by atoms with Gasteiger partial charge in [0, 0.05) is 19.7 Å². The van der Waals surface area contributed by atoms with E-state index in [4.69, 9.17) is 0 Å². The first-order valence-electron chi connectivity index (χ1n) is 7.00. The van der Waals surface area contributed by atoms with E-state index >= 15 is 0 Å². The second kappa shape index (κ2) is 5.56. The fraction of sp³-hybridized carbons (Fsp3) is 0.462. The van der Waals surface area contributed by atoms with Gasteiger partial charge in [0.15, 0.2) is 15.5 Å². The number of fused-ring (bicyclic) bond motifs is 1. The van der Waals surface area contributed by atoms with Gasteiger partial charge < -0.3 is 5.32 Å². The van der Waals surface area contributed by atoms with Gasteiger partial charge >= 0.3 is 0 Å². The first-order valence-corrected chi connectivity index (χ1v) is 8.82. The SMILES string of the molecule is CNc1cccn2nc(NC(=O)CC3CCS(=O)(=O)C3)nc12. The highest BCUT2D eigenvalue weighted by atomic mass is 32.2. The molecule has 0 bridgehead atoms. The van der Waals surface area contributed by atoms with E-state index in [0.717, 1.165) is 5.69 Å². The highest BCUT2D eigenvalue weighted by molar-refractivity contribution is 7.91. The Morgan fingerprint density at radius 2 is 2.32 bits per heavy atom. The van der Waals surface area contributed by atoms with E-state index in [1.807, 2.05) is 12.1 Å². The van der Waals surface area contributed by atoms with Crippen molar-refractivity contribution >= 4 is 33.0 Å². The van der Waals surface area contributed by atoms with Crippen LogP contribution in [0.25, 0.3) is 5.65 Å². The summed E-state index contributed by atoms with van der Waals surface area (Å²) in [5.74, 6) is 0.0962. The lowest BCUT2D eigenvalue weighted by atomic mass is 10.1. The van der Waals surface area contributed by atoms with Gasteiger partial charge in [0.25, 0.3) is 0 Å². The minimum absolute atomic E-state index is 0.0862. The fourth-order valence-electron chi connectivity index (χ4n) is 2.63. The quantitative estimate of drug-likeness (QED) is 0.850. The molecule has 0 saturated carbocycles. The van der Waals surface area contributed by atoms with Gasteiger partial charge in [0.2, 0.25) is 11.9 Å². The predicted octanol–water partition coefficient (Wildman–Crippen LogP) is 0.534. The summed E-state index contributed by atoms with van der Waals surface area (Å²) in [6.45, 7) is 0. The summed E-state index contributed by atoms with van der Waals surface area (Å²) < 4.78 is 24.4. The first-order chi connectivity index (χ1) is 10.5. The van der Waals surface area contributed by atoms with Gasteiger partial charge in [-0.3, -0.25) is 10.1 Å². The first kappa shape index (κ1) is 14.8. The van der Waals surface area contributed by atoms with Gasteiger partial charge in [-0.05, 0) is 24.5 Å². The molecule has 8 nitrogen and oxygen atoms in total. The van der Waals surface area contributed by atoms with Gasteiger partial charge in [-0.15, -0.1) is 5.10 Å². The molecule has 3 rings (SSSR count). The molecule has 1 amide bonds. The van der Waals surface area contributed by atoms with E-state index in [-0.39, 0.29) is 35.7 Å². The summed E-state index contributed by atoms with van der Waals surface area (Å²) >= 11 is 0. The summed E-state index contributed by atoms with van der Waals surface area (Å²) in [6.07, 6.45) is 2.45. The number of hydrogen-bond donors (Lipinski definition) is 2. The number of hydrogen-bond acceptors (Lipinski definition) is 6. The molecule has 3 heterocycles. The van der Waals surface area contributed by atoms with Crippen LogP contribution in [0.15, 0.2) is 18.3 Å². The van der Waals surface area contributed by atoms with Crippen LogP contribution in [0.1, 0.15) is 12.8 Å². The number of rotatable bonds is 4. The molecule has 1 aliphatic heterocycles. The van der Waals surface area contributed by atoms with Crippen LogP contribution >= 0.6 is 0 Å². The maximum Gasteiger partial charge on any atom is 0.249 e. The lowest BCUT2D eigenvalue weighted by Gasteiger charge is -2.05. The zero-order valence-corrected chi connectivity index (χ0v) is 12.9. The van der Waals surface area contributed by atoms with Crippen molar-refractivity contribution in [2.24, 2.45) is 5.92 Å². The average Bonchev–Trinajstić information content (AvgIpc) is 3.00. The van der Waals surface area contributed by atoms with E-state index in [2.05, 4.69) is 20.7 Å². The molecule has 2 aromatic heterocycles. The molecular weight excluding hydrogens is 306 g/mol. The summed E-state index contributed by atoms with van der Waals surface area (Å²) in [6, 6.07) is 3.68. The van der Waals surface area contributed by atoms with E-state index in [1.54, 1.807) is 17.8 Å². The van der Waals surface area contributed by atoms with Crippen molar-refractivity contribution in [1.29, 1.82) is 0 Å². The highest BCUT2D eigenvalue weighted by Gasteiger charge is 2.29. The Hall–Kier alpha value is -2.16. The van der Waals surface area contributed by atoms with E-state index < -0.39 is 9.84 Å². The van der Waals surface area contributed by atoms with Crippen molar-refractivity contribution < 1.29 is 13.2 Å². The van der Waals surface area contributed by atoms with Crippen LogP contribution in [-0.4, -0.2) is 47.5 Å². The van der Waals surface area contributed by atoms with Gasteiger partial charge in [0.1, 0.15) is 0 Å². The van der Waals surface area contributed by atoms with Crippen molar-refractivity contribution in [2.45, 2.75) is 12.8 Å². The van der Waals surface area contributed by atoms with Crippen molar-refractivity contribution in [3.05, 3.63) is 18.3 Å². The van der Waals surface area contributed by atoms with Crippen LogP contribution in [-0.2, 0) is 14.6 Å². The lowest BCUT2D eigenvalue weighted by molar-refractivity contribution is -0.116. The van der Waals surface area contributed by atoms with Crippen LogP contribution in [0.4, 0.5) is 11.6 Å². The molecule has 0 aromatic carbocycles. The third-order valence-electron chi connectivity index (χ3n) is 3.68. The molecule has 2 N–H and O–H groups in total. The zero-order valence-electron chi connectivity index (χ0n) is 12.1. The van der Waals surface area contributed by atoms with Crippen LogP contribution in [0.5, 0.6) is 0 Å². The number of nitrogens with one attached hydrogen (secondary N) is 2. The molecule has 1 fully saturated rings. The second-order valence-electron chi connectivity index (χ2n) is 5.40. The van der Waals surface area contributed by atoms with Crippen LogP contribution in [0.3, 0.4) is 0 Å². The third kappa shape index (κ3) is 3.03. The molecule has 1 saturated heterocycles. The van der Waals surface area contributed by atoms with Gasteiger partial charge in [-0.25, -0.2) is 12.9 Å².